The number of rotatable bonds is 7. The number of hydrogen-bond donors (Lipinski definition) is 2. The van der Waals surface area contributed by atoms with Gasteiger partial charge in [0, 0.05) is 10.9 Å². The second-order valence-corrected chi connectivity index (χ2v) is 4.59. The van der Waals surface area contributed by atoms with E-state index in [1.165, 1.54) is 10.5 Å². The van der Waals surface area contributed by atoms with Gasteiger partial charge in [-0.25, -0.2) is 0 Å². The predicted octanol–water partition coefficient (Wildman–Crippen LogP) is 3.27. The number of benzene rings is 1. The molecule has 3 N–H and O–H groups in total. The molecule has 0 bridgehead atoms. The molecule has 2 nitrogen and oxygen atoms in total. The Hall–Kier alpha value is -0.770. The van der Waals surface area contributed by atoms with Crippen molar-refractivity contribution in [2.75, 3.05) is 6.26 Å². The highest BCUT2D eigenvalue weighted by atomic mass is 32.2. The molecule has 1 atom stereocenters. The zero-order chi connectivity index (χ0) is 11.8. The summed E-state index contributed by atoms with van der Waals surface area (Å²) in [6, 6.07) is 8.81. The van der Waals surface area contributed by atoms with E-state index < -0.39 is 0 Å². The van der Waals surface area contributed by atoms with Crippen LogP contribution in [-0.2, 0) is 0 Å². The molecule has 3 heteroatoms. The summed E-state index contributed by atoms with van der Waals surface area (Å²) in [6.07, 6.45) is 7.23. The molecule has 0 aliphatic heterocycles. The summed E-state index contributed by atoms with van der Waals surface area (Å²) >= 11 is 1.75. The molecular weight excluding hydrogens is 216 g/mol. The second kappa shape index (κ2) is 7.49. The average Bonchev–Trinajstić information content (AvgIpc) is 2.35. The SMILES string of the molecule is C=CCCCC(NN)c1ccc(SC)cc1. The standard InChI is InChI=1S/C13H20N2S/c1-3-4-5-6-13(15-14)11-7-9-12(16-2)10-8-11/h3,7-10,13,15H,1,4-6,14H2,2H3. The molecule has 1 unspecified atom stereocenters. The van der Waals surface area contributed by atoms with E-state index >= 15 is 0 Å². The van der Waals surface area contributed by atoms with E-state index in [1.807, 2.05) is 6.08 Å². The van der Waals surface area contributed by atoms with E-state index in [4.69, 9.17) is 5.84 Å². The smallest absolute Gasteiger partial charge is 0.0460 e. The maximum Gasteiger partial charge on any atom is 0.0460 e. The Balaban J connectivity index is 2.59. The molecule has 1 aromatic rings. The first-order valence-corrected chi connectivity index (χ1v) is 6.75. The molecule has 0 fully saturated rings. The van der Waals surface area contributed by atoms with Gasteiger partial charge in [0.05, 0.1) is 0 Å². The van der Waals surface area contributed by atoms with Gasteiger partial charge in [-0.05, 0) is 43.2 Å². The van der Waals surface area contributed by atoms with Gasteiger partial charge in [-0.2, -0.15) is 0 Å². The van der Waals surface area contributed by atoms with Crippen LogP contribution in [0.5, 0.6) is 0 Å². The minimum atomic E-state index is 0.246. The zero-order valence-electron chi connectivity index (χ0n) is 9.78. The number of unbranched alkanes of at least 4 members (excludes halogenated alkanes) is 1. The van der Waals surface area contributed by atoms with E-state index in [0.29, 0.717) is 0 Å². The minimum Gasteiger partial charge on any atom is -0.271 e. The van der Waals surface area contributed by atoms with E-state index in [9.17, 15) is 0 Å². The van der Waals surface area contributed by atoms with Crippen LogP contribution in [0.25, 0.3) is 0 Å². The fourth-order valence-corrected chi connectivity index (χ4v) is 2.06. The number of allylic oxidation sites excluding steroid dienone is 1. The number of thioether (sulfide) groups is 1. The Morgan fingerprint density at radius 3 is 2.62 bits per heavy atom. The Kier molecular flexibility index (Phi) is 6.23. The first-order valence-electron chi connectivity index (χ1n) is 5.52. The quantitative estimate of drug-likeness (QED) is 0.251. The first-order chi connectivity index (χ1) is 7.81. The predicted molar refractivity (Wildman–Crippen MR) is 72.3 cm³/mol. The fraction of sp³-hybridized carbons (Fsp3) is 0.385. The van der Waals surface area contributed by atoms with Gasteiger partial charge >= 0.3 is 0 Å². The topological polar surface area (TPSA) is 38.0 Å². The van der Waals surface area contributed by atoms with Gasteiger partial charge in [0.25, 0.3) is 0 Å². The maximum atomic E-state index is 5.58. The highest BCUT2D eigenvalue weighted by molar-refractivity contribution is 7.98. The Morgan fingerprint density at radius 1 is 1.44 bits per heavy atom. The lowest BCUT2D eigenvalue weighted by Gasteiger charge is -2.16. The van der Waals surface area contributed by atoms with Crippen molar-refractivity contribution in [2.45, 2.75) is 30.2 Å². The van der Waals surface area contributed by atoms with Crippen molar-refractivity contribution in [1.29, 1.82) is 0 Å². The lowest BCUT2D eigenvalue weighted by atomic mass is 10.0. The molecular formula is C13H20N2S. The molecule has 1 aromatic carbocycles. The van der Waals surface area contributed by atoms with Crippen LogP contribution in [0.15, 0.2) is 41.8 Å². The Morgan fingerprint density at radius 2 is 2.12 bits per heavy atom. The Bertz CT molecular complexity index is 308. The lowest BCUT2D eigenvalue weighted by Crippen LogP contribution is -2.27. The average molecular weight is 236 g/mol. The van der Waals surface area contributed by atoms with E-state index in [2.05, 4.69) is 42.5 Å². The van der Waals surface area contributed by atoms with Crippen molar-refractivity contribution in [3.8, 4) is 0 Å². The third-order valence-electron chi connectivity index (χ3n) is 2.62. The van der Waals surface area contributed by atoms with Crippen molar-refractivity contribution in [3.63, 3.8) is 0 Å². The summed E-state index contributed by atoms with van der Waals surface area (Å²) < 4.78 is 0. The van der Waals surface area contributed by atoms with E-state index in [-0.39, 0.29) is 6.04 Å². The van der Waals surface area contributed by atoms with Crippen molar-refractivity contribution >= 4 is 11.8 Å². The minimum absolute atomic E-state index is 0.246. The van der Waals surface area contributed by atoms with Gasteiger partial charge in [-0.1, -0.05) is 18.2 Å². The molecule has 0 spiro atoms. The van der Waals surface area contributed by atoms with Crippen LogP contribution in [0.1, 0.15) is 30.9 Å². The van der Waals surface area contributed by atoms with Crippen molar-refractivity contribution in [3.05, 3.63) is 42.5 Å². The number of nitrogens with two attached hydrogens (primary N) is 1. The van der Waals surface area contributed by atoms with Crippen LogP contribution in [0, 0.1) is 0 Å². The van der Waals surface area contributed by atoms with Crippen LogP contribution in [0.2, 0.25) is 0 Å². The number of hydrogen-bond acceptors (Lipinski definition) is 3. The van der Waals surface area contributed by atoms with Crippen molar-refractivity contribution in [1.82, 2.24) is 5.43 Å². The van der Waals surface area contributed by atoms with E-state index in [0.717, 1.165) is 19.3 Å². The molecule has 0 saturated carbocycles. The summed E-state index contributed by atoms with van der Waals surface area (Å²) in [5.41, 5.74) is 4.13. The molecule has 0 aliphatic carbocycles. The second-order valence-electron chi connectivity index (χ2n) is 3.71. The Labute approximate surface area is 102 Å². The van der Waals surface area contributed by atoms with Crippen LogP contribution in [0.4, 0.5) is 0 Å². The van der Waals surface area contributed by atoms with Gasteiger partial charge in [-0.3, -0.25) is 11.3 Å². The molecule has 1 rings (SSSR count). The highest BCUT2D eigenvalue weighted by Crippen LogP contribution is 2.22. The fourth-order valence-electron chi connectivity index (χ4n) is 1.65. The molecule has 0 aromatic heterocycles. The van der Waals surface area contributed by atoms with Gasteiger partial charge in [-0.15, -0.1) is 18.3 Å². The monoisotopic (exact) mass is 236 g/mol. The third-order valence-corrected chi connectivity index (χ3v) is 3.36. The summed E-state index contributed by atoms with van der Waals surface area (Å²) in [7, 11) is 0. The molecule has 88 valence electrons. The van der Waals surface area contributed by atoms with Crippen LogP contribution < -0.4 is 11.3 Å². The summed E-state index contributed by atoms with van der Waals surface area (Å²) in [5, 5.41) is 0. The van der Waals surface area contributed by atoms with Crippen molar-refractivity contribution in [2.24, 2.45) is 5.84 Å². The molecule has 16 heavy (non-hydrogen) atoms. The summed E-state index contributed by atoms with van der Waals surface area (Å²) in [4.78, 5) is 1.28. The van der Waals surface area contributed by atoms with Gasteiger partial charge in [0.2, 0.25) is 0 Å². The summed E-state index contributed by atoms with van der Waals surface area (Å²) in [6.45, 7) is 3.72. The van der Waals surface area contributed by atoms with Crippen molar-refractivity contribution < 1.29 is 0 Å². The van der Waals surface area contributed by atoms with Crippen LogP contribution in [0.3, 0.4) is 0 Å². The van der Waals surface area contributed by atoms with Crippen LogP contribution in [-0.4, -0.2) is 6.26 Å². The number of hydrazine groups is 1. The zero-order valence-corrected chi connectivity index (χ0v) is 10.6. The van der Waals surface area contributed by atoms with Gasteiger partial charge in [0.15, 0.2) is 0 Å². The normalized spacial score (nSPS) is 12.4. The van der Waals surface area contributed by atoms with Crippen LogP contribution >= 0.6 is 11.8 Å². The summed E-state index contributed by atoms with van der Waals surface area (Å²) in [5.74, 6) is 5.58. The number of nitrogens with one attached hydrogen (secondary N) is 1. The third kappa shape index (κ3) is 4.00. The lowest BCUT2D eigenvalue weighted by molar-refractivity contribution is 0.500. The molecule has 0 aliphatic rings. The molecule has 0 heterocycles. The first kappa shape index (κ1) is 13.3. The maximum absolute atomic E-state index is 5.58. The molecule has 0 amide bonds. The largest absolute Gasteiger partial charge is 0.271 e. The molecule has 0 radical (unpaired) electrons. The van der Waals surface area contributed by atoms with E-state index in [1.54, 1.807) is 11.8 Å². The molecule has 0 saturated heterocycles. The van der Waals surface area contributed by atoms with Gasteiger partial charge in [0.1, 0.15) is 0 Å². The van der Waals surface area contributed by atoms with Gasteiger partial charge < -0.3 is 0 Å². The highest BCUT2D eigenvalue weighted by Gasteiger charge is 2.08.